The van der Waals surface area contributed by atoms with Gasteiger partial charge in [-0.05, 0) is 24.3 Å². The normalized spacial score (nSPS) is 23.7. The van der Waals surface area contributed by atoms with Crippen LogP contribution in [0.1, 0.15) is 20.7 Å². The van der Waals surface area contributed by atoms with E-state index in [4.69, 9.17) is 18.4 Å². The Hall–Kier alpha value is -2.79. The molecule has 2 aromatic carbocycles. The van der Waals surface area contributed by atoms with Crippen molar-refractivity contribution in [2.75, 3.05) is 12.9 Å². The van der Waals surface area contributed by atoms with E-state index >= 15 is 0 Å². The van der Waals surface area contributed by atoms with E-state index in [1.165, 1.54) is 12.1 Å². The van der Waals surface area contributed by atoms with Gasteiger partial charge in [0.05, 0.1) is 17.4 Å². The predicted octanol–water partition coefficient (Wildman–Crippen LogP) is 1.13. The Morgan fingerprint density at radius 1 is 0.933 bits per heavy atom. The Bertz CT molecular complexity index is 976. The van der Waals surface area contributed by atoms with Gasteiger partial charge >= 0.3 is 11.9 Å². The van der Waals surface area contributed by atoms with Crippen molar-refractivity contribution in [3.63, 3.8) is 0 Å². The number of hydrogen-bond acceptors (Lipinski definition) is 9. The molecule has 4 atom stereocenters. The van der Waals surface area contributed by atoms with E-state index in [2.05, 4.69) is 0 Å². The van der Waals surface area contributed by atoms with Gasteiger partial charge < -0.3 is 19.3 Å². The molecule has 30 heavy (non-hydrogen) atoms. The first-order valence-corrected chi connectivity index (χ1v) is 10.8. The third-order valence-corrected chi connectivity index (χ3v) is 4.78. The predicted molar refractivity (Wildman–Crippen MR) is 103 cm³/mol. The monoisotopic (exact) mass is 436 g/mol. The number of esters is 2. The smallest absolute Gasteiger partial charge is 0.338 e. The van der Waals surface area contributed by atoms with Gasteiger partial charge in [0.15, 0.2) is 18.5 Å². The fourth-order valence-electron chi connectivity index (χ4n) is 2.87. The van der Waals surface area contributed by atoms with Crippen molar-refractivity contribution in [1.82, 2.24) is 0 Å². The lowest BCUT2D eigenvalue weighted by molar-refractivity contribution is -0.128. The highest BCUT2D eigenvalue weighted by atomic mass is 32.2. The van der Waals surface area contributed by atoms with Crippen molar-refractivity contribution in [3.8, 4) is 0 Å². The van der Waals surface area contributed by atoms with E-state index < -0.39 is 53.3 Å². The summed E-state index contributed by atoms with van der Waals surface area (Å²) in [6.07, 6.45) is -4.93. The molecule has 9 nitrogen and oxygen atoms in total. The molecule has 2 aromatic rings. The quantitative estimate of drug-likeness (QED) is 0.502. The van der Waals surface area contributed by atoms with Crippen LogP contribution in [0, 0.1) is 0 Å². The molecule has 1 aliphatic heterocycles. The van der Waals surface area contributed by atoms with Crippen molar-refractivity contribution in [3.05, 3.63) is 71.8 Å². The van der Waals surface area contributed by atoms with Crippen LogP contribution in [0.2, 0.25) is 0 Å². The lowest BCUT2D eigenvalue weighted by Crippen LogP contribution is -2.41. The van der Waals surface area contributed by atoms with Crippen LogP contribution in [0.5, 0.6) is 0 Å². The molecule has 0 saturated carbocycles. The summed E-state index contributed by atoms with van der Waals surface area (Å²) >= 11 is 0. The molecule has 0 aromatic heterocycles. The molecule has 0 radical (unpaired) electrons. The van der Waals surface area contributed by atoms with E-state index in [0.717, 1.165) is 6.26 Å². The van der Waals surface area contributed by atoms with Gasteiger partial charge in [-0.3, -0.25) is 4.18 Å². The Morgan fingerprint density at radius 2 is 1.47 bits per heavy atom. The van der Waals surface area contributed by atoms with Crippen LogP contribution in [0.25, 0.3) is 0 Å². The number of carbonyl (C=O) groups is 2. The minimum Gasteiger partial charge on any atom is -0.459 e. The molecule has 1 aliphatic rings. The lowest BCUT2D eigenvalue weighted by Gasteiger charge is -2.22. The SMILES string of the molecule is CS(=O)(=O)OC1C(O)OC(COC(=O)c2ccccc2)C1OC(=O)c1ccccc1. The lowest BCUT2D eigenvalue weighted by atomic mass is 10.1. The van der Waals surface area contributed by atoms with Gasteiger partial charge in [0.2, 0.25) is 0 Å². The number of rotatable bonds is 7. The third kappa shape index (κ3) is 5.63. The number of aliphatic hydroxyl groups is 1. The average Bonchev–Trinajstić information content (AvgIpc) is 3.00. The average molecular weight is 436 g/mol. The second-order valence-corrected chi connectivity index (χ2v) is 8.13. The molecule has 0 bridgehead atoms. The first kappa shape index (κ1) is 21.9. The van der Waals surface area contributed by atoms with Crippen molar-refractivity contribution < 1.29 is 41.5 Å². The Kier molecular flexibility index (Phi) is 6.83. The van der Waals surface area contributed by atoms with E-state index in [9.17, 15) is 23.1 Å². The third-order valence-electron chi connectivity index (χ3n) is 4.21. The standard InChI is InChI=1S/C20H20O9S/c1-30(24,25)29-17-16(28-19(22)14-10-6-3-7-11-14)15(27-20(17)23)12-26-18(21)13-8-4-2-5-9-13/h2-11,15-17,20,23H,12H2,1H3. The fraction of sp³-hybridized carbons (Fsp3) is 0.300. The zero-order valence-corrected chi connectivity index (χ0v) is 16.7. The molecule has 4 unspecified atom stereocenters. The maximum Gasteiger partial charge on any atom is 0.338 e. The van der Waals surface area contributed by atoms with Crippen molar-refractivity contribution in [2.45, 2.75) is 24.6 Å². The van der Waals surface area contributed by atoms with Crippen LogP contribution in [-0.4, -0.2) is 62.9 Å². The van der Waals surface area contributed by atoms with E-state index in [0.29, 0.717) is 0 Å². The summed E-state index contributed by atoms with van der Waals surface area (Å²) < 4.78 is 43.8. The van der Waals surface area contributed by atoms with Gasteiger partial charge in [-0.15, -0.1) is 0 Å². The highest BCUT2D eigenvalue weighted by Crippen LogP contribution is 2.28. The summed E-state index contributed by atoms with van der Waals surface area (Å²) in [5.41, 5.74) is 0.495. The summed E-state index contributed by atoms with van der Waals surface area (Å²) in [4.78, 5) is 24.6. The summed E-state index contributed by atoms with van der Waals surface area (Å²) in [6, 6.07) is 16.1. The van der Waals surface area contributed by atoms with Gasteiger partial charge in [0.1, 0.15) is 12.7 Å². The highest BCUT2D eigenvalue weighted by molar-refractivity contribution is 7.86. The molecular weight excluding hydrogens is 416 g/mol. The number of carbonyl (C=O) groups excluding carboxylic acids is 2. The molecule has 0 spiro atoms. The van der Waals surface area contributed by atoms with Gasteiger partial charge in [0, 0.05) is 0 Å². The molecular formula is C20H20O9S. The first-order valence-electron chi connectivity index (χ1n) is 8.94. The molecule has 1 heterocycles. The van der Waals surface area contributed by atoms with E-state index in [1.54, 1.807) is 48.5 Å². The zero-order chi connectivity index (χ0) is 21.7. The molecule has 0 aliphatic carbocycles. The second kappa shape index (κ2) is 9.35. The first-order chi connectivity index (χ1) is 14.2. The maximum atomic E-state index is 12.5. The van der Waals surface area contributed by atoms with Gasteiger partial charge in [-0.2, -0.15) is 8.42 Å². The minimum absolute atomic E-state index is 0.206. The summed E-state index contributed by atoms with van der Waals surface area (Å²) in [6.45, 7) is -0.402. The molecule has 10 heteroatoms. The van der Waals surface area contributed by atoms with Crippen molar-refractivity contribution in [2.24, 2.45) is 0 Å². The van der Waals surface area contributed by atoms with Crippen LogP contribution in [0.3, 0.4) is 0 Å². The number of ether oxygens (including phenoxy) is 3. The Balaban J connectivity index is 1.75. The fourth-order valence-corrected chi connectivity index (χ4v) is 3.48. The summed E-state index contributed by atoms with van der Waals surface area (Å²) in [7, 11) is -4.01. The second-order valence-electron chi connectivity index (χ2n) is 6.53. The van der Waals surface area contributed by atoms with E-state index in [1.807, 2.05) is 0 Å². The zero-order valence-electron chi connectivity index (χ0n) is 15.9. The maximum absolute atomic E-state index is 12.5. The molecule has 1 fully saturated rings. The highest BCUT2D eigenvalue weighted by Gasteiger charge is 2.49. The number of hydrogen-bond donors (Lipinski definition) is 1. The minimum atomic E-state index is -4.01. The van der Waals surface area contributed by atoms with Crippen molar-refractivity contribution in [1.29, 1.82) is 0 Å². The van der Waals surface area contributed by atoms with Crippen molar-refractivity contribution >= 4 is 22.1 Å². The molecule has 0 amide bonds. The molecule has 3 rings (SSSR count). The topological polar surface area (TPSA) is 125 Å². The Labute approximate surface area is 173 Å². The number of benzene rings is 2. The summed E-state index contributed by atoms with van der Waals surface area (Å²) in [5, 5.41) is 10.1. The van der Waals surface area contributed by atoms with Crippen LogP contribution in [-0.2, 0) is 28.5 Å². The van der Waals surface area contributed by atoms with Gasteiger partial charge in [0.25, 0.3) is 10.1 Å². The van der Waals surface area contributed by atoms with Crippen LogP contribution >= 0.6 is 0 Å². The van der Waals surface area contributed by atoms with E-state index in [-0.39, 0.29) is 11.1 Å². The van der Waals surface area contributed by atoms with Gasteiger partial charge in [-0.1, -0.05) is 36.4 Å². The van der Waals surface area contributed by atoms with Crippen LogP contribution in [0.4, 0.5) is 0 Å². The number of aliphatic hydroxyl groups excluding tert-OH is 1. The summed E-state index contributed by atoms with van der Waals surface area (Å²) in [5.74, 6) is -1.44. The molecule has 160 valence electrons. The van der Waals surface area contributed by atoms with Gasteiger partial charge in [-0.25, -0.2) is 9.59 Å². The largest absolute Gasteiger partial charge is 0.459 e. The molecule has 1 saturated heterocycles. The van der Waals surface area contributed by atoms with Crippen LogP contribution in [0.15, 0.2) is 60.7 Å². The molecule has 1 N–H and O–H groups in total. The Morgan fingerprint density at radius 3 is 2.00 bits per heavy atom. The van der Waals surface area contributed by atoms with Crippen LogP contribution < -0.4 is 0 Å².